The smallest absolute Gasteiger partial charge is 0.266 e. The van der Waals surface area contributed by atoms with Gasteiger partial charge in [-0.05, 0) is 60.8 Å². The number of benzene rings is 3. The van der Waals surface area contributed by atoms with E-state index >= 15 is 0 Å². The van der Waals surface area contributed by atoms with Crippen LogP contribution < -0.4 is 10.9 Å². The monoisotopic (exact) mass is 385 g/mol. The van der Waals surface area contributed by atoms with Gasteiger partial charge in [-0.15, -0.1) is 0 Å². The highest BCUT2D eigenvalue weighted by molar-refractivity contribution is 5.85. The third-order valence-electron chi connectivity index (χ3n) is 5.35. The maximum Gasteiger partial charge on any atom is 0.266 e. The molecule has 0 saturated heterocycles. The Morgan fingerprint density at radius 3 is 2.45 bits per heavy atom. The molecule has 0 spiro atoms. The van der Waals surface area contributed by atoms with Crippen LogP contribution in [0.4, 0.5) is 0 Å². The topological polar surface area (TPSA) is 46.9 Å². The molecule has 0 amide bonds. The van der Waals surface area contributed by atoms with Crippen LogP contribution in [0.25, 0.3) is 27.4 Å². The van der Waals surface area contributed by atoms with Crippen molar-refractivity contribution >= 4 is 21.7 Å². The van der Waals surface area contributed by atoms with Crippen LogP contribution in [-0.2, 0) is 0 Å². The summed E-state index contributed by atoms with van der Waals surface area (Å²) < 4.78 is 1.77. The van der Waals surface area contributed by atoms with Crippen LogP contribution in [0.15, 0.2) is 71.5 Å². The first kappa shape index (κ1) is 19.3. The first-order chi connectivity index (χ1) is 14.0. The van der Waals surface area contributed by atoms with Crippen molar-refractivity contribution in [1.29, 1.82) is 0 Å². The third kappa shape index (κ3) is 3.94. The maximum absolute atomic E-state index is 13.5. The standard InChI is InChI=1S/C25H27N3O/c1-17(2)14-15-26-18(3)24-27-23-11-7-6-10-22(23)25(29)28(24)21-13-12-19-8-4-5-9-20(19)16-21/h4-13,16-18,26H,14-15H2,1-3H3/t18-/m1/s1. The molecule has 1 heterocycles. The molecular weight excluding hydrogens is 358 g/mol. The van der Waals surface area contributed by atoms with E-state index in [2.05, 4.69) is 50.4 Å². The number of nitrogens with zero attached hydrogens (tertiary/aromatic N) is 2. The van der Waals surface area contributed by atoms with Crippen LogP contribution in [0.3, 0.4) is 0 Å². The number of nitrogens with one attached hydrogen (secondary N) is 1. The Hall–Kier alpha value is -2.98. The Bertz CT molecular complexity index is 1210. The second kappa shape index (κ2) is 8.18. The highest BCUT2D eigenvalue weighted by Crippen LogP contribution is 2.22. The lowest BCUT2D eigenvalue weighted by atomic mass is 10.1. The molecular formula is C25H27N3O. The van der Waals surface area contributed by atoms with E-state index in [4.69, 9.17) is 4.98 Å². The van der Waals surface area contributed by atoms with Gasteiger partial charge in [0.1, 0.15) is 5.82 Å². The zero-order chi connectivity index (χ0) is 20.4. The predicted molar refractivity (Wildman–Crippen MR) is 121 cm³/mol. The summed E-state index contributed by atoms with van der Waals surface area (Å²) in [4.78, 5) is 18.4. The number of fused-ring (bicyclic) bond motifs is 2. The van der Waals surface area contributed by atoms with Crippen LogP contribution in [0.1, 0.15) is 39.1 Å². The van der Waals surface area contributed by atoms with Crippen molar-refractivity contribution < 1.29 is 0 Å². The Morgan fingerprint density at radius 1 is 0.931 bits per heavy atom. The van der Waals surface area contributed by atoms with Crippen molar-refractivity contribution in [2.45, 2.75) is 33.2 Å². The van der Waals surface area contributed by atoms with E-state index < -0.39 is 0 Å². The molecule has 0 aliphatic carbocycles. The summed E-state index contributed by atoms with van der Waals surface area (Å²) in [5.41, 5.74) is 1.56. The highest BCUT2D eigenvalue weighted by atomic mass is 16.1. The van der Waals surface area contributed by atoms with Crippen LogP contribution in [0.2, 0.25) is 0 Å². The number of hydrogen-bond acceptors (Lipinski definition) is 3. The molecule has 4 heteroatoms. The number of aromatic nitrogens is 2. The molecule has 0 radical (unpaired) electrons. The summed E-state index contributed by atoms with van der Waals surface area (Å²) in [6, 6.07) is 21.9. The SMILES string of the molecule is CC(C)CCN[C@H](C)c1nc2ccccc2c(=O)n1-c1ccc2ccccc2c1. The van der Waals surface area contributed by atoms with Crippen LogP contribution >= 0.6 is 0 Å². The molecule has 0 aliphatic heterocycles. The van der Waals surface area contributed by atoms with Gasteiger partial charge in [-0.1, -0.05) is 56.3 Å². The fraction of sp³-hybridized carbons (Fsp3) is 0.280. The van der Waals surface area contributed by atoms with Crippen LogP contribution in [0, 0.1) is 5.92 Å². The molecule has 0 saturated carbocycles. The zero-order valence-electron chi connectivity index (χ0n) is 17.2. The fourth-order valence-electron chi connectivity index (χ4n) is 3.69. The van der Waals surface area contributed by atoms with Gasteiger partial charge in [0.15, 0.2) is 0 Å². The second-order valence-electron chi connectivity index (χ2n) is 8.02. The fourth-order valence-corrected chi connectivity index (χ4v) is 3.69. The minimum atomic E-state index is -0.0440. The minimum absolute atomic E-state index is 0.0293. The average Bonchev–Trinajstić information content (AvgIpc) is 2.73. The number of rotatable bonds is 6. The molecule has 4 nitrogen and oxygen atoms in total. The van der Waals surface area contributed by atoms with E-state index in [9.17, 15) is 4.79 Å². The quantitative estimate of drug-likeness (QED) is 0.494. The summed E-state index contributed by atoms with van der Waals surface area (Å²) in [5.74, 6) is 1.37. The van der Waals surface area contributed by atoms with Crippen LogP contribution in [-0.4, -0.2) is 16.1 Å². The van der Waals surface area contributed by atoms with Gasteiger partial charge in [-0.2, -0.15) is 0 Å². The molecule has 1 atom stereocenters. The predicted octanol–water partition coefficient (Wildman–Crippen LogP) is 5.24. The van der Waals surface area contributed by atoms with Gasteiger partial charge in [-0.25, -0.2) is 4.98 Å². The van der Waals surface area contributed by atoms with E-state index in [-0.39, 0.29) is 11.6 Å². The van der Waals surface area contributed by atoms with E-state index in [1.165, 1.54) is 0 Å². The Balaban J connectivity index is 1.87. The normalized spacial score (nSPS) is 12.7. The molecule has 0 unspecified atom stereocenters. The van der Waals surface area contributed by atoms with Crippen molar-refractivity contribution in [3.63, 3.8) is 0 Å². The summed E-state index contributed by atoms with van der Waals surface area (Å²) in [5, 5.41) is 6.45. The summed E-state index contributed by atoms with van der Waals surface area (Å²) >= 11 is 0. The maximum atomic E-state index is 13.5. The number of hydrogen-bond donors (Lipinski definition) is 1. The van der Waals surface area contributed by atoms with Crippen molar-refractivity contribution in [2.24, 2.45) is 5.92 Å². The molecule has 0 bridgehead atoms. The lowest BCUT2D eigenvalue weighted by molar-refractivity contribution is 0.479. The van der Waals surface area contributed by atoms with Crippen LogP contribution in [0.5, 0.6) is 0 Å². The van der Waals surface area contributed by atoms with Gasteiger partial charge in [0, 0.05) is 0 Å². The summed E-state index contributed by atoms with van der Waals surface area (Å²) in [6.07, 6.45) is 1.08. The van der Waals surface area contributed by atoms with Gasteiger partial charge in [0.05, 0.1) is 22.6 Å². The molecule has 1 aromatic heterocycles. The van der Waals surface area contributed by atoms with Gasteiger partial charge in [0.2, 0.25) is 0 Å². The van der Waals surface area contributed by atoms with Gasteiger partial charge < -0.3 is 5.32 Å². The molecule has 148 valence electrons. The Labute approximate surface area is 171 Å². The summed E-state index contributed by atoms with van der Waals surface area (Å²) in [6.45, 7) is 7.39. The molecule has 0 aliphatic rings. The third-order valence-corrected chi connectivity index (χ3v) is 5.35. The minimum Gasteiger partial charge on any atom is -0.308 e. The van der Waals surface area contributed by atoms with E-state index in [0.717, 1.165) is 40.8 Å². The van der Waals surface area contributed by atoms with Gasteiger partial charge in [0.25, 0.3) is 5.56 Å². The molecule has 4 aromatic rings. The lowest BCUT2D eigenvalue weighted by Crippen LogP contribution is -2.30. The van der Waals surface area contributed by atoms with E-state index in [1.54, 1.807) is 4.57 Å². The largest absolute Gasteiger partial charge is 0.308 e. The average molecular weight is 386 g/mol. The van der Waals surface area contributed by atoms with E-state index in [1.807, 2.05) is 42.5 Å². The van der Waals surface area contributed by atoms with Crippen molar-refractivity contribution in [3.8, 4) is 5.69 Å². The summed E-state index contributed by atoms with van der Waals surface area (Å²) in [7, 11) is 0. The molecule has 1 N–H and O–H groups in total. The molecule has 4 rings (SSSR count). The molecule has 0 fully saturated rings. The van der Waals surface area contributed by atoms with Crippen molar-refractivity contribution in [2.75, 3.05) is 6.54 Å². The van der Waals surface area contributed by atoms with Gasteiger partial charge in [-0.3, -0.25) is 9.36 Å². The lowest BCUT2D eigenvalue weighted by Gasteiger charge is -2.20. The van der Waals surface area contributed by atoms with Gasteiger partial charge >= 0.3 is 0 Å². The number of para-hydroxylation sites is 1. The molecule has 3 aromatic carbocycles. The first-order valence-corrected chi connectivity index (χ1v) is 10.3. The zero-order valence-corrected chi connectivity index (χ0v) is 17.2. The van der Waals surface area contributed by atoms with Crippen molar-refractivity contribution in [3.05, 3.63) is 82.9 Å². The van der Waals surface area contributed by atoms with E-state index in [0.29, 0.717) is 11.3 Å². The highest BCUT2D eigenvalue weighted by Gasteiger charge is 2.18. The Kier molecular flexibility index (Phi) is 5.45. The molecule has 29 heavy (non-hydrogen) atoms. The van der Waals surface area contributed by atoms with Crippen molar-refractivity contribution in [1.82, 2.24) is 14.9 Å². The second-order valence-corrected chi connectivity index (χ2v) is 8.02. The Morgan fingerprint density at radius 2 is 1.66 bits per heavy atom. The first-order valence-electron chi connectivity index (χ1n) is 10.3.